The van der Waals surface area contributed by atoms with Crippen LogP contribution in [0.4, 0.5) is 0 Å². The predicted octanol–water partition coefficient (Wildman–Crippen LogP) is 1.55. The molecule has 0 saturated heterocycles. The topological polar surface area (TPSA) is 54.3 Å². The Hall–Kier alpha value is -1.78. The summed E-state index contributed by atoms with van der Waals surface area (Å²) in [7, 11) is 0. The highest BCUT2D eigenvalue weighted by Gasteiger charge is 2.27. The fourth-order valence-corrected chi connectivity index (χ4v) is 2.54. The van der Waals surface area contributed by atoms with E-state index >= 15 is 0 Å². The van der Waals surface area contributed by atoms with Crippen molar-refractivity contribution in [2.24, 2.45) is 5.92 Å². The Kier molecular flexibility index (Phi) is 4.47. The van der Waals surface area contributed by atoms with E-state index in [0.717, 1.165) is 18.7 Å². The van der Waals surface area contributed by atoms with Gasteiger partial charge in [0, 0.05) is 30.9 Å². The molecule has 2 heterocycles. The van der Waals surface area contributed by atoms with Gasteiger partial charge in [0.05, 0.1) is 12.6 Å². The van der Waals surface area contributed by atoms with Gasteiger partial charge in [-0.3, -0.25) is 9.59 Å². The summed E-state index contributed by atoms with van der Waals surface area (Å²) in [5.74, 6) is -0.102. The molecule has 1 aromatic heterocycles. The summed E-state index contributed by atoms with van der Waals surface area (Å²) in [5, 5.41) is 2.73. The lowest BCUT2D eigenvalue weighted by Crippen LogP contribution is -2.46. The number of nitrogens with zero attached hydrogens (tertiary/aromatic N) is 2. The van der Waals surface area contributed by atoms with Crippen molar-refractivity contribution in [3.8, 4) is 0 Å². The van der Waals surface area contributed by atoms with Crippen LogP contribution in [0, 0.1) is 5.92 Å². The molecule has 2 amide bonds. The zero-order chi connectivity index (χ0) is 14.7. The van der Waals surface area contributed by atoms with Crippen molar-refractivity contribution in [1.82, 2.24) is 14.8 Å². The molecule has 0 saturated carbocycles. The molecule has 0 radical (unpaired) electrons. The van der Waals surface area contributed by atoms with Gasteiger partial charge >= 0.3 is 0 Å². The molecule has 1 aromatic rings. The minimum absolute atomic E-state index is 0.0124. The normalized spacial score (nSPS) is 19.4. The van der Waals surface area contributed by atoms with E-state index in [1.807, 2.05) is 44.0 Å². The van der Waals surface area contributed by atoms with Crippen LogP contribution in [-0.4, -0.2) is 34.4 Å². The predicted molar refractivity (Wildman–Crippen MR) is 77.0 cm³/mol. The van der Waals surface area contributed by atoms with Crippen LogP contribution in [0.2, 0.25) is 0 Å². The van der Waals surface area contributed by atoms with Crippen molar-refractivity contribution in [3.63, 3.8) is 0 Å². The standard InChI is InChI=1S/C15H23N3O2/c1-4-11(2)15(20)16-10-14(19)18-9-8-17-7-5-6-13(17)12(18)3/h5-7,11-12H,4,8-10H2,1-3H3,(H,16,20). The van der Waals surface area contributed by atoms with Gasteiger partial charge < -0.3 is 14.8 Å². The first kappa shape index (κ1) is 14.6. The summed E-state index contributed by atoms with van der Waals surface area (Å²) in [5.41, 5.74) is 1.15. The van der Waals surface area contributed by atoms with Gasteiger partial charge in [-0.25, -0.2) is 0 Å². The van der Waals surface area contributed by atoms with E-state index in [4.69, 9.17) is 0 Å². The lowest BCUT2D eigenvalue weighted by molar-refractivity contribution is -0.136. The van der Waals surface area contributed by atoms with Gasteiger partial charge in [0.15, 0.2) is 0 Å². The van der Waals surface area contributed by atoms with Crippen LogP contribution < -0.4 is 5.32 Å². The third-order valence-corrected chi connectivity index (χ3v) is 4.14. The van der Waals surface area contributed by atoms with Crippen LogP contribution >= 0.6 is 0 Å². The summed E-state index contributed by atoms with van der Waals surface area (Å²) in [6, 6.07) is 4.11. The highest BCUT2D eigenvalue weighted by atomic mass is 16.2. The van der Waals surface area contributed by atoms with E-state index < -0.39 is 0 Å². The van der Waals surface area contributed by atoms with Crippen LogP contribution in [0.3, 0.4) is 0 Å². The maximum Gasteiger partial charge on any atom is 0.242 e. The quantitative estimate of drug-likeness (QED) is 0.908. The molecule has 20 heavy (non-hydrogen) atoms. The fraction of sp³-hybridized carbons (Fsp3) is 0.600. The van der Waals surface area contributed by atoms with E-state index in [0.29, 0.717) is 6.54 Å². The molecule has 1 aliphatic rings. The Balaban J connectivity index is 1.92. The van der Waals surface area contributed by atoms with E-state index in [9.17, 15) is 9.59 Å². The van der Waals surface area contributed by atoms with E-state index in [-0.39, 0.29) is 30.3 Å². The first-order chi connectivity index (χ1) is 9.54. The molecule has 110 valence electrons. The summed E-state index contributed by atoms with van der Waals surface area (Å²) < 4.78 is 2.17. The Morgan fingerprint density at radius 3 is 2.90 bits per heavy atom. The van der Waals surface area contributed by atoms with Crippen LogP contribution in [0.5, 0.6) is 0 Å². The minimum Gasteiger partial charge on any atom is -0.348 e. The zero-order valence-corrected chi connectivity index (χ0v) is 12.4. The van der Waals surface area contributed by atoms with Gasteiger partial charge in [-0.2, -0.15) is 0 Å². The van der Waals surface area contributed by atoms with Crippen molar-refractivity contribution in [2.75, 3.05) is 13.1 Å². The van der Waals surface area contributed by atoms with Crippen LogP contribution in [-0.2, 0) is 16.1 Å². The SMILES string of the molecule is CCC(C)C(=O)NCC(=O)N1CCn2cccc2C1C. The first-order valence-electron chi connectivity index (χ1n) is 7.26. The van der Waals surface area contributed by atoms with Crippen molar-refractivity contribution >= 4 is 11.8 Å². The van der Waals surface area contributed by atoms with Gasteiger partial charge in [0.2, 0.25) is 11.8 Å². The van der Waals surface area contributed by atoms with E-state index in [2.05, 4.69) is 9.88 Å². The Morgan fingerprint density at radius 1 is 1.45 bits per heavy atom. The average Bonchev–Trinajstić information content (AvgIpc) is 2.93. The molecule has 1 aliphatic heterocycles. The molecule has 0 fully saturated rings. The van der Waals surface area contributed by atoms with Crippen molar-refractivity contribution in [2.45, 2.75) is 39.8 Å². The number of aromatic nitrogens is 1. The molecule has 0 bridgehead atoms. The second-order valence-corrected chi connectivity index (χ2v) is 5.42. The van der Waals surface area contributed by atoms with Gasteiger partial charge in [-0.05, 0) is 25.5 Å². The maximum absolute atomic E-state index is 12.3. The van der Waals surface area contributed by atoms with E-state index in [1.165, 1.54) is 0 Å². The number of carbonyl (C=O) groups is 2. The highest BCUT2D eigenvalue weighted by Crippen LogP contribution is 2.24. The number of hydrogen-bond donors (Lipinski definition) is 1. The summed E-state index contributed by atoms with van der Waals surface area (Å²) in [6.07, 6.45) is 2.83. The lowest BCUT2D eigenvalue weighted by atomic mass is 10.1. The molecular formula is C15H23N3O2. The number of nitrogens with one attached hydrogen (secondary N) is 1. The molecule has 2 atom stereocenters. The van der Waals surface area contributed by atoms with Crippen molar-refractivity contribution in [1.29, 1.82) is 0 Å². The second-order valence-electron chi connectivity index (χ2n) is 5.42. The van der Waals surface area contributed by atoms with Gasteiger partial charge in [-0.1, -0.05) is 13.8 Å². The molecular weight excluding hydrogens is 254 g/mol. The number of rotatable bonds is 4. The van der Waals surface area contributed by atoms with Gasteiger partial charge in [0.25, 0.3) is 0 Å². The third kappa shape index (κ3) is 2.86. The highest BCUT2D eigenvalue weighted by molar-refractivity contribution is 5.85. The Bertz CT molecular complexity index is 495. The number of fused-ring (bicyclic) bond motifs is 1. The summed E-state index contributed by atoms with van der Waals surface area (Å²) in [6.45, 7) is 7.47. The second kappa shape index (κ2) is 6.11. The Morgan fingerprint density at radius 2 is 2.20 bits per heavy atom. The van der Waals surface area contributed by atoms with Gasteiger partial charge in [-0.15, -0.1) is 0 Å². The molecule has 5 heteroatoms. The largest absolute Gasteiger partial charge is 0.348 e. The number of hydrogen-bond acceptors (Lipinski definition) is 2. The zero-order valence-electron chi connectivity index (χ0n) is 12.4. The molecule has 5 nitrogen and oxygen atoms in total. The molecule has 2 unspecified atom stereocenters. The Labute approximate surface area is 119 Å². The maximum atomic E-state index is 12.3. The summed E-state index contributed by atoms with van der Waals surface area (Å²) >= 11 is 0. The monoisotopic (exact) mass is 277 g/mol. The summed E-state index contributed by atoms with van der Waals surface area (Å²) in [4.78, 5) is 25.8. The minimum atomic E-state index is -0.0473. The van der Waals surface area contributed by atoms with Crippen LogP contribution in [0.25, 0.3) is 0 Å². The molecule has 0 aliphatic carbocycles. The van der Waals surface area contributed by atoms with Crippen molar-refractivity contribution in [3.05, 3.63) is 24.0 Å². The molecule has 0 aromatic carbocycles. The fourth-order valence-electron chi connectivity index (χ4n) is 2.54. The smallest absolute Gasteiger partial charge is 0.242 e. The molecule has 2 rings (SSSR count). The van der Waals surface area contributed by atoms with Gasteiger partial charge in [0.1, 0.15) is 0 Å². The third-order valence-electron chi connectivity index (χ3n) is 4.14. The molecule has 1 N–H and O–H groups in total. The first-order valence-corrected chi connectivity index (χ1v) is 7.26. The van der Waals surface area contributed by atoms with Crippen LogP contribution in [0.1, 0.15) is 38.9 Å². The lowest BCUT2D eigenvalue weighted by Gasteiger charge is -2.35. The average molecular weight is 277 g/mol. The molecule has 0 spiro atoms. The van der Waals surface area contributed by atoms with E-state index in [1.54, 1.807) is 0 Å². The van der Waals surface area contributed by atoms with Crippen molar-refractivity contribution < 1.29 is 9.59 Å². The van der Waals surface area contributed by atoms with Crippen LogP contribution in [0.15, 0.2) is 18.3 Å². The number of amides is 2. The number of carbonyl (C=O) groups excluding carboxylic acids is 2.